The molecule has 0 fully saturated rings. The van der Waals surface area contributed by atoms with Crippen molar-refractivity contribution < 1.29 is 14.6 Å². The van der Waals surface area contributed by atoms with Gasteiger partial charge in [-0.15, -0.1) is 0 Å². The first-order valence-corrected chi connectivity index (χ1v) is 11.1. The van der Waals surface area contributed by atoms with Crippen LogP contribution in [0.5, 0.6) is 11.8 Å². The molecule has 0 radical (unpaired) electrons. The standard InChI is InChI=1S/C25H21BrN4O3/c26-19-5-3-4-18(14-19)21(15-24(31)32)22-11-13-28-25(30-22)33-20-9-7-17(8-10-20)16-29-23-6-1-2-12-27-23/h1-14,21H,15-16H2,(H,27,29)(H,31,32). The summed E-state index contributed by atoms with van der Waals surface area (Å²) < 4.78 is 6.71. The van der Waals surface area contributed by atoms with Crippen LogP contribution < -0.4 is 10.1 Å². The number of rotatable bonds is 9. The van der Waals surface area contributed by atoms with Crippen LogP contribution in [0.3, 0.4) is 0 Å². The third-order valence-corrected chi connectivity index (χ3v) is 5.41. The number of halogens is 1. The minimum atomic E-state index is -0.907. The maximum Gasteiger partial charge on any atom is 0.322 e. The van der Waals surface area contributed by atoms with Crippen LogP contribution in [-0.4, -0.2) is 26.0 Å². The average molecular weight is 505 g/mol. The molecule has 8 heteroatoms. The van der Waals surface area contributed by atoms with Gasteiger partial charge in [0.05, 0.1) is 12.1 Å². The van der Waals surface area contributed by atoms with Crippen molar-refractivity contribution in [1.29, 1.82) is 0 Å². The number of anilines is 1. The highest BCUT2D eigenvalue weighted by atomic mass is 79.9. The second kappa shape index (κ2) is 10.7. The van der Waals surface area contributed by atoms with E-state index in [1.54, 1.807) is 18.5 Å². The van der Waals surface area contributed by atoms with Crippen LogP contribution in [0, 0.1) is 0 Å². The van der Waals surface area contributed by atoms with Crippen molar-refractivity contribution in [3.8, 4) is 11.8 Å². The molecule has 2 N–H and O–H groups in total. The van der Waals surface area contributed by atoms with E-state index in [9.17, 15) is 9.90 Å². The smallest absolute Gasteiger partial charge is 0.322 e. The van der Waals surface area contributed by atoms with E-state index in [2.05, 4.69) is 36.2 Å². The third-order valence-electron chi connectivity index (χ3n) is 4.91. The Hall–Kier alpha value is -3.78. The summed E-state index contributed by atoms with van der Waals surface area (Å²) >= 11 is 3.45. The van der Waals surface area contributed by atoms with Crippen molar-refractivity contribution in [3.05, 3.63) is 106 Å². The van der Waals surface area contributed by atoms with Gasteiger partial charge in [0, 0.05) is 29.3 Å². The highest BCUT2D eigenvalue weighted by molar-refractivity contribution is 9.10. The lowest BCUT2D eigenvalue weighted by Gasteiger charge is -2.16. The van der Waals surface area contributed by atoms with Crippen LogP contribution in [0.1, 0.15) is 29.2 Å². The van der Waals surface area contributed by atoms with Crippen molar-refractivity contribution in [3.63, 3.8) is 0 Å². The molecule has 2 aromatic heterocycles. The highest BCUT2D eigenvalue weighted by Crippen LogP contribution is 2.30. The first kappa shape index (κ1) is 22.4. The van der Waals surface area contributed by atoms with Crippen LogP contribution in [0.15, 0.2) is 89.7 Å². The minimum absolute atomic E-state index is 0.0924. The zero-order chi connectivity index (χ0) is 23.0. The van der Waals surface area contributed by atoms with Gasteiger partial charge in [0.1, 0.15) is 11.6 Å². The molecule has 2 heterocycles. The van der Waals surface area contributed by atoms with Crippen molar-refractivity contribution in [2.75, 3.05) is 5.32 Å². The fourth-order valence-corrected chi connectivity index (χ4v) is 3.75. The Kier molecular flexibility index (Phi) is 7.26. The largest absolute Gasteiger partial charge is 0.481 e. The number of hydrogen-bond acceptors (Lipinski definition) is 6. The van der Waals surface area contributed by atoms with Crippen LogP contribution in [0.25, 0.3) is 0 Å². The van der Waals surface area contributed by atoms with E-state index in [4.69, 9.17) is 4.74 Å². The van der Waals surface area contributed by atoms with Crippen LogP contribution in [0.2, 0.25) is 0 Å². The molecule has 0 aliphatic heterocycles. The summed E-state index contributed by atoms with van der Waals surface area (Å²) in [5.74, 6) is 0.0664. The highest BCUT2D eigenvalue weighted by Gasteiger charge is 2.20. The van der Waals surface area contributed by atoms with Crippen molar-refractivity contribution in [2.45, 2.75) is 18.9 Å². The maximum absolute atomic E-state index is 11.5. The zero-order valence-corrected chi connectivity index (χ0v) is 19.1. The van der Waals surface area contributed by atoms with Gasteiger partial charge >= 0.3 is 12.0 Å². The molecule has 0 spiro atoms. The van der Waals surface area contributed by atoms with Gasteiger partial charge in [-0.3, -0.25) is 4.79 Å². The molecule has 166 valence electrons. The number of ether oxygens (including phenoxy) is 1. The lowest BCUT2D eigenvalue weighted by atomic mass is 9.92. The number of nitrogens with zero attached hydrogens (tertiary/aromatic N) is 3. The Morgan fingerprint density at radius 1 is 1.00 bits per heavy atom. The predicted molar refractivity (Wildman–Crippen MR) is 128 cm³/mol. The molecule has 0 aliphatic carbocycles. The second-order valence-corrected chi connectivity index (χ2v) is 8.20. The van der Waals surface area contributed by atoms with E-state index in [0.717, 1.165) is 21.4 Å². The van der Waals surface area contributed by atoms with Gasteiger partial charge in [-0.25, -0.2) is 9.97 Å². The predicted octanol–water partition coefficient (Wildman–Crippen LogP) is 5.65. The summed E-state index contributed by atoms with van der Waals surface area (Å²) in [5, 5.41) is 12.7. The molecule has 4 rings (SSSR count). The van der Waals surface area contributed by atoms with Gasteiger partial charge in [-0.05, 0) is 53.6 Å². The molecule has 4 aromatic rings. The van der Waals surface area contributed by atoms with Crippen molar-refractivity contribution in [1.82, 2.24) is 15.0 Å². The Balaban J connectivity index is 1.47. The number of carboxylic acids is 1. The Bertz CT molecular complexity index is 1220. The van der Waals surface area contributed by atoms with Crippen molar-refractivity contribution >= 4 is 27.7 Å². The molecule has 7 nitrogen and oxygen atoms in total. The molecular weight excluding hydrogens is 484 g/mol. The van der Waals surface area contributed by atoms with E-state index in [1.807, 2.05) is 66.7 Å². The number of aromatic nitrogens is 3. The monoisotopic (exact) mass is 504 g/mol. The van der Waals surface area contributed by atoms with Crippen LogP contribution in [-0.2, 0) is 11.3 Å². The molecule has 0 saturated heterocycles. The molecule has 0 aliphatic rings. The van der Waals surface area contributed by atoms with E-state index >= 15 is 0 Å². The van der Waals surface area contributed by atoms with Gasteiger partial charge in [-0.2, -0.15) is 4.98 Å². The first-order valence-electron chi connectivity index (χ1n) is 10.3. The summed E-state index contributed by atoms with van der Waals surface area (Å²) in [4.78, 5) is 24.4. The molecular formula is C25H21BrN4O3. The number of carbonyl (C=O) groups is 1. The van der Waals surface area contributed by atoms with Gasteiger partial charge in [0.15, 0.2) is 0 Å². The van der Waals surface area contributed by atoms with Gasteiger partial charge in [-0.1, -0.05) is 46.3 Å². The van der Waals surface area contributed by atoms with Gasteiger partial charge in [0.2, 0.25) is 0 Å². The summed E-state index contributed by atoms with van der Waals surface area (Å²) in [5.41, 5.74) is 2.50. The molecule has 0 saturated carbocycles. The molecule has 0 amide bonds. The third kappa shape index (κ3) is 6.36. The molecule has 0 bridgehead atoms. The lowest BCUT2D eigenvalue weighted by molar-refractivity contribution is -0.137. The van der Waals surface area contributed by atoms with Crippen LogP contribution >= 0.6 is 15.9 Å². The summed E-state index contributed by atoms with van der Waals surface area (Å²) in [7, 11) is 0. The van der Waals surface area contributed by atoms with Gasteiger partial charge in [0.25, 0.3) is 0 Å². The summed E-state index contributed by atoms with van der Waals surface area (Å²) in [6.45, 7) is 0.632. The number of nitrogens with one attached hydrogen (secondary N) is 1. The fraction of sp³-hybridized carbons (Fsp3) is 0.120. The van der Waals surface area contributed by atoms with Crippen LogP contribution in [0.4, 0.5) is 5.82 Å². The van der Waals surface area contributed by atoms with Crippen molar-refractivity contribution in [2.24, 2.45) is 0 Å². The van der Waals surface area contributed by atoms with E-state index < -0.39 is 11.9 Å². The normalized spacial score (nSPS) is 11.5. The van der Waals surface area contributed by atoms with E-state index in [0.29, 0.717) is 18.0 Å². The van der Waals surface area contributed by atoms with E-state index in [-0.39, 0.29) is 12.4 Å². The average Bonchev–Trinajstić information content (AvgIpc) is 2.83. The SMILES string of the molecule is O=C(O)CC(c1cccc(Br)c1)c1ccnc(Oc2ccc(CNc3ccccn3)cc2)n1. The first-order chi connectivity index (χ1) is 16.1. The topological polar surface area (TPSA) is 97.2 Å². The number of benzene rings is 2. The van der Waals surface area contributed by atoms with E-state index in [1.165, 1.54) is 0 Å². The second-order valence-electron chi connectivity index (χ2n) is 7.28. The molecule has 1 unspecified atom stereocenters. The number of pyridine rings is 1. The molecule has 1 atom stereocenters. The number of hydrogen-bond donors (Lipinski definition) is 2. The summed E-state index contributed by atoms with van der Waals surface area (Å²) in [6.07, 6.45) is 3.23. The number of aliphatic carboxylic acids is 1. The lowest BCUT2D eigenvalue weighted by Crippen LogP contribution is -2.10. The minimum Gasteiger partial charge on any atom is -0.481 e. The molecule has 2 aromatic carbocycles. The number of carboxylic acid groups (broad SMARTS) is 1. The van der Waals surface area contributed by atoms with Gasteiger partial charge < -0.3 is 15.2 Å². The maximum atomic E-state index is 11.5. The fourth-order valence-electron chi connectivity index (χ4n) is 3.33. The quantitative estimate of drug-likeness (QED) is 0.304. The summed E-state index contributed by atoms with van der Waals surface area (Å²) in [6, 6.07) is 22.7. The Morgan fingerprint density at radius 3 is 2.58 bits per heavy atom. The zero-order valence-electron chi connectivity index (χ0n) is 17.6. The molecule has 33 heavy (non-hydrogen) atoms. The Morgan fingerprint density at radius 2 is 1.85 bits per heavy atom. The Labute approximate surface area is 199 Å².